The first-order valence-corrected chi connectivity index (χ1v) is 7.13. The number of H-pyrrole nitrogens is 1. The van der Waals surface area contributed by atoms with Gasteiger partial charge >= 0.3 is 0 Å². The number of hydrogen-bond acceptors (Lipinski definition) is 6. The summed E-state index contributed by atoms with van der Waals surface area (Å²) >= 11 is 0. The van der Waals surface area contributed by atoms with Crippen LogP contribution in [0.5, 0.6) is 0 Å². The predicted octanol–water partition coefficient (Wildman–Crippen LogP) is 2.03. The summed E-state index contributed by atoms with van der Waals surface area (Å²) in [6.07, 6.45) is 5.62. The molecule has 1 atom stereocenters. The minimum Gasteiger partial charge on any atom is -0.422 e. The molecule has 0 unspecified atom stereocenters. The number of fused-ring (bicyclic) bond motifs is 1. The van der Waals surface area contributed by atoms with E-state index in [0.29, 0.717) is 17.5 Å². The smallest absolute Gasteiger partial charge is 0.252 e. The minimum atomic E-state index is 0.444. The summed E-state index contributed by atoms with van der Waals surface area (Å²) < 4.78 is 5.49. The SMILES string of the molecule is Cc1nc2c(N3CCC[C@@H](c4ccn[nH]4)C3)ncnc2o1. The molecule has 0 amide bonds. The molecule has 21 heavy (non-hydrogen) atoms. The molecule has 0 spiro atoms. The maximum absolute atomic E-state index is 5.49. The van der Waals surface area contributed by atoms with Crippen LogP contribution in [0.2, 0.25) is 0 Å². The normalized spacial score (nSPS) is 19.3. The summed E-state index contributed by atoms with van der Waals surface area (Å²) in [7, 11) is 0. The third-order valence-electron chi connectivity index (χ3n) is 3.97. The van der Waals surface area contributed by atoms with E-state index in [1.165, 1.54) is 5.69 Å². The maximum Gasteiger partial charge on any atom is 0.252 e. The zero-order valence-corrected chi connectivity index (χ0v) is 11.8. The lowest BCUT2D eigenvalue weighted by atomic mass is 9.95. The molecule has 0 saturated carbocycles. The molecular weight excluding hydrogens is 268 g/mol. The van der Waals surface area contributed by atoms with Crippen molar-refractivity contribution in [3.05, 3.63) is 30.2 Å². The molecule has 3 aromatic rings. The fraction of sp³-hybridized carbons (Fsp3) is 0.429. The average molecular weight is 284 g/mol. The van der Waals surface area contributed by atoms with Crippen LogP contribution in [0.1, 0.15) is 30.3 Å². The number of nitrogens with zero attached hydrogens (tertiary/aromatic N) is 5. The third kappa shape index (κ3) is 2.14. The van der Waals surface area contributed by atoms with Crippen LogP contribution in [-0.4, -0.2) is 38.2 Å². The van der Waals surface area contributed by atoms with E-state index in [0.717, 1.165) is 37.3 Å². The molecule has 3 aromatic heterocycles. The van der Waals surface area contributed by atoms with Crippen LogP contribution >= 0.6 is 0 Å². The molecule has 0 aliphatic carbocycles. The molecule has 0 radical (unpaired) electrons. The van der Waals surface area contributed by atoms with Crippen molar-refractivity contribution in [3.63, 3.8) is 0 Å². The Kier molecular flexibility index (Phi) is 2.83. The van der Waals surface area contributed by atoms with E-state index in [2.05, 4.69) is 30.0 Å². The monoisotopic (exact) mass is 284 g/mol. The number of oxazole rings is 1. The summed E-state index contributed by atoms with van der Waals surface area (Å²) in [6, 6.07) is 2.05. The van der Waals surface area contributed by atoms with Crippen LogP contribution < -0.4 is 4.90 Å². The molecule has 7 nitrogen and oxygen atoms in total. The fourth-order valence-corrected chi connectivity index (χ4v) is 3.00. The van der Waals surface area contributed by atoms with Gasteiger partial charge in [-0.05, 0) is 18.9 Å². The Balaban J connectivity index is 1.68. The molecular formula is C14H16N6O. The van der Waals surface area contributed by atoms with Crippen LogP contribution in [0.3, 0.4) is 0 Å². The summed E-state index contributed by atoms with van der Waals surface area (Å²) in [5, 5.41) is 7.13. The Bertz CT molecular complexity index is 750. The molecule has 4 heterocycles. The van der Waals surface area contributed by atoms with Crippen LogP contribution in [-0.2, 0) is 0 Å². The van der Waals surface area contributed by atoms with Crippen LogP contribution in [0.15, 0.2) is 23.0 Å². The molecule has 7 heteroatoms. The van der Waals surface area contributed by atoms with E-state index < -0.39 is 0 Å². The van der Waals surface area contributed by atoms with E-state index in [1.54, 1.807) is 12.5 Å². The predicted molar refractivity (Wildman–Crippen MR) is 77.1 cm³/mol. The summed E-state index contributed by atoms with van der Waals surface area (Å²) in [6.45, 7) is 3.71. The van der Waals surface area contributed by atoms with Gasteiger partial charge in [-0.3, -0.25) is 5.10 Å². The van der Waals surface area contributed by atoms with Gasteiger partial charge in [-0.1, -0.05) is 0 Å². The van der Waals surface area contributed by atoms with Gasteiger partial charge in [-0.15, -0.1) is 0 Å². The first-order chi connectivity index (χ1) is 10.3. The fourth-order valence-electron chi connectivity index (χ4n) is 3.00. The number of rotatable bonds is 2. The van der Waals surface area contributed by atoms with Crippen molar-refractivity contribution in [2.75, 3.05) is 18.0 Å². The Morgan fingerprint density at radius 2 is 2.33 bits per heavy atom. The van der Waals surface area contributed by atoms with E-state index in [-0.39, 0.29) is 0 Å². The number of aromatic nitrogens is 5. The van der Waals surface area contributed by atoms with Gasteiger partial charge in [0.05, 0.1) is 0 Å². The van der Waals surface area contributed by atoms with Gasteiger partial charge in [-0.2, -0.15) is 10.1 Å². The number of aromatic amines is 1. The molecule has 1 N–H and O–H groups in total. The Labute approximate surface area is 121 Å². The van der Waals surface area contributed by atoms with Gasteiger partial charge in [0.2, 0.25) is 0 Å². The Morgan fingerprint density at radius 1 is 1.38 bits per heavy atom. The lowest BCUT2D eigenvalue weighted by molar-refractivity contribution is 0.498. The second-order valence-corrected chi connectivity index (χ2v) is 5.38. The highest BCUT2D eigenvalue weighted by Gasteiger charge is 2.25. The van der Waals surface area contributed by atoms with Crippen molar-refractivity contribution >= 4 is 17.0 Å². The molecule has 1 aliphatic heterocycles. The first kappa shape index (κ1) is 12.3. The largest absolute Gasteiger partial charge is 0.422 e. The lowest BCUT2D eigenvalue weighted by Gasteiger charge is -2.32. The van der Waals surface area contributed by atoms with Crippen LogP contribution in [0.4, 0.5) is 5.82 Å². The van der Waals surface area contributed by atoms with Gasteiger partial charge in [-0.25, -0.2) is 9.97 Å². The van der Waals surface area contributed by atoms with Crippen molar-refractivity contribution in [1.82, 2.24) is 25.1 Å². The highest BCUT2D eigenvalue weighted by Crippen LogP contribution is 2.30. The van der Waals surface area contributed by atoms with Gasteiger partial charge < -0.3 is 9.32 Å². The number of piperidine rings is 1. The molecule has 0 aromatic carbocycles. The van der Waals surface area contributed by atoms with Gasteiger partial charge in [0.1, 0.15) is 6.33 Å². The van der Waals surface area contributed by atoms with E-state index in [9.17, 15) is 0 Å². The van der Waals surface area contributed by atoms with Crippen LogP contribution in [0, 0.1) is 6.92 Å². The van der Waals surface area contributed by atoms with Crippen molar-refractivity contribution in [3.8, 4) is 0 Å². The molecule has 1 fully saturated rings. The molecule has 108 valence electrons. The number of hydrogen-bond donors (Lipinski definition) is 1. The van der Waals surface area contributed by atoms with Crippen molar-refractivity contribution in [2.24, 2.45) is 0 Å². The summed E-state index contributed by atoms with van der Waals surface area (Å²) in [4.78, 5) is 15.3. The average Bonchev–Trinajstić information content (AvgIpc) is 3.15. The number of aryl methyl sites for hydroxylation is 1. The van der Waals surface area contributed by atoms with Gasteiger partial charge in [0.25, 0.3) is 5.71 Å². The van der Waals surface area contributed by atoms with Gasteiger partial charge in [0.15, 0.2) is 17.2 Å². The minimum absolute atomic E-state index is 0.444. The van der Waals surface area contributed by atoms with Crippen LogP contribution in [0.25, 0.3) is 11.2 Å². The quantitative estimate of drug-likeness (QED) is 0.775. The zero-order chi connectivity index (χ0) is 14.2. The van der Waals surface area contributed by atoms with Crippen molar-refractivity contribution in [2.45, 2.75) is 25.7 Å². The highest BCUT2D eigenvalue weighted by atomic mass is 16.4. The van der Waals surface area contributed by atoms with Gasteiger partial charge in [0, 0.05) is 37.8 Å². The molecule has 1 saturated heterocycles. The summed E-state index contributed by atoms with van der Waals surface area (Å²) in [5.74, 6) is 1.93. The lowest BCUT2D eigenvalue weighted by Crippen LogP contribution is -2.35. The van der Waals surface area contributed by atoms with Crippen molar-refractivity contribution in [1.29, 1.82) is 0 Å². The summed E-state index contributed by atoms with van der Waals surface area (Å²) in [5.41, 5.74) is 2.49. The Morgan fingerprint density at radius 3 is 3.19 bits per heavy atom. The third-order valence-corrected chi connectivity index (χ3v) is 3.97. The van der Waals surface area contributed by atoms with E-state index in [1.807, 2.05) is 13.0 Å². The first-order valence-electron chi connectivity index (χ1n) is 7.13. The highest BCUT2D eigenvalue weighted by molar-refractivity contribution is 5.81. The number of anilines is 1. The molecule has 1 aliphatic rings. The molecule has 4 rings (SSSR count). The Hall–Kier alpha value is -2.44. The molecule has 0 bridgehead atoms. The van der Waals surface area contributed by atoms with E-state index in [4.69, 9.17) is 4.42 Å². The second-order valence-electron chi connectivity index (χ2n) is 5.38. The van der Waals surface area contributed by atoms with E-state index >= 15 is 0 Å². The standard InChI is InChI=1S/C14H16N6O/c1-9-18-12-13(15-8-16-14(12)21-9)20-6-2-3-10(7-20)11-4-5-17-19-11/h4-5,8,10H,2-3,6-7H2,1H3,(H,17,19)/t10-/m1/s1. The second kappa shape index (κ2) is 4.83. The maximum atomic E-state index is 5.49. The zero-order valence-electron chi connectivity index (χ0n) is 11.8. The van der Waals surface area contributed by atoms with Crippen molar-refractivity contribution < 1.29 is 4.42 Å². The topological polar surface area (TPSA) is 83.7 Å². The number of nitrogens with one attached hydrogen (secondary N) is 1.